The van der Waals surface area contributed by atoms with Gasteiger partial charge in [-0.25, -0.2) is 0 Å². The van der Waals surface area contributed by atoms with E-state index in [0.717, 1.165) is 0 Å². The highest BCUT2D eigenvalue weighted by Crippen LogP contribution is 2.27. The van der Waals surface area contributed by atoms with Gasteiger partial charge in [0.25, 0.3) is 6.47 Å². The Kier molecular flexibility index (Phi) is 12.1. The molecule has 1 aromatic rings. The van der Waals surface area contributed by atoms with E-state index in [4.69, 9.17) is 4.79 Å². The summed E-state index contributed by atoms with van der Waals surface area (Å²) in [6, 6.07) is 9.36. The topological polar surface area (TPSA) is 29.5 Å². The van der Waals surface area contributed by atoms with Crippen LogP contribution in [0.4, 0.5) is 0 Å². The molecule has 132 valence electrons. The zero-order valence-electron chi connectivity index (χ0n) is 15.7. The molecule has 3 heteroatoms. The third-order valence-electron chi connectivity index (χ3n) is 3.81. The molecule has 3 nitrogen and oxygen atoms in total. The van der Waals surface area contributed by atoms with Crippen molar-refractivity contribution in [3.05, 3.63) is 71.8 Å². The second-order valence-electron chi connectivity index (χ2n) is 5.58. The molecule has 1 atom stereocenters. The minimum Gasteiger partial charge on any atom is -0.471 e. The molecule has 0 saturated heterocycles. The van der Waals surface area contributed by atoms with Gasteiger partial charge in [-0.15, -0.1) is 0 Å². The summed E-state index contributed by atoms with van der Waals surface area (Å²) in [7, 11) is 3.51. The van der Waals surface area contributed by atoms with Crippen LogP contribution in [0.25, 0.3) is 0 Å². The minimum atomic E-state index is 0.375. The van der Waals surface area contributed by atoms with Crippen molar-refractivity contribution >= 4 is 6.47 Å². The number of nitrogens with zero attached hydrogens (tertiary/aromatic N) is 1. The number of hydrogen-bond acceptors (Lipinski definition) is 3. The van der Waals surface area contributed by atoms with Gasteiger partial charge in [-0.1, -0.05) is 60.7 Å². The van der Waals surface area contributed by atoms with Crippen molar-refractivity contribution in [1.82, 2.24) is 4.90 Å². The van der Waals surface area contributed by atoms with Crippen LogP contribution >= 0.6 is 0 Å². The maximum Gasteiger partial charge on any atom is 0.292 e. The number of fused-ring (bicyclic) bond motifs is 1. The molecule has 1 unspecified atom stereocenters. The number of rotatable bonds is 3. The molecule has 0 N–H and O–H groups in total. The maximum absolute atomic E-state index is 8.95. The Balaban J connectivity index is 0.000000384. The average molecular weight is 329 g/mol. The smallest absolute Gasteiger partial charge is 0.292 e. The number of likely N-dealkylation sites (N-methyl/N-ethyl adjacent to an activating group) is 1. The molecule has 1 aliphatic heterocycles. The first kappa shape index (κ1) is 21.9. The normalized spacial score (nSPS) is 16.9. The van der Waals surface area contributed by atoms with E-state index in [1.54, 1.807) is 6.08 Å². The number of methoxy groups -OCH3 is 1. The highest BCUT2D eigenvalue weighted by atomic mass is 16.5. The lowest BCUT2D eigenvalue weighted by Gasteiger charge is -2.31. The van der Waals surface area contributed by atoms with Gasteiger partial charge in [0.1, 0.15) is 0 Å². The van der Waals surface area contributed by atoms with Crippen LogP contribution in [0.5, 0.6) is 0 Å². The summed E-state index contributed by atoms with van der Waals surface area (Å²) in [5.74, 6) is 0. The first-order chi connectivity index (χ1) is 11.5. The second kappa shape index (κ2) is 13.3. The predicted molar refractivity (Wildman–Crippen MR) is 103 cm³/mol. The van der Waals surface area contributed by atoms with Gasteiger partial charge in [-0.2, -0.15) is 0 Å². The average Bonchev–Trinajstić information content (AvgIpc) is 2.60. The molecule has 1 aliphatic rings. The Hall–Kier alpha value is -2.13. The van der Waals surface area contributed by atoms with Crippen LogP contribution < -0.4 is 0 Å². The zero-order chi connectivity index (χ0) is 18.4. The number of hydrogen-bond donors (Lipinski definition) is 0. The van der Waals surface area contributed by atoms with Crippen LogP contribution in [0.15, 0.2) is 60.7 Å². The first-order valence-corrected chi connectivity index (χ1v) is 8.18. The van der Waals surface area contributed by atoms with Crippen LogP contribution in [0, 0.1) is 0 Å². The Labute approximate surface area is 147 Å². The molecule has 0 fully saturated rings. The molecule has 2 rings (SSSR count). The van der Waals surface area contributed by atoms with Crippen LogP contribution in [-0.4, -0.2) is 32.1 Å². The van der Waals surface area contributed by atoms with Crippen LogP contribution in [-0.2, 0) is 16.0 Å². The Morgan fingerprint density at radius 2 is 2.00 bits per heavy atom. The molecule has 0 bridgehead atoms. The van der Waals surface area contributed by atoms with Crippen LogP contribution in [0.2, 0.25) is 0 Å². The summed E-state index contributed by atoms with van der Waals surface area (Å²) in [5.41, 5.74) is 4.27. The highest BCUT2D eigenvalue weighted by Gasteiger charge is 2.19. The molecule has 0 radical (unpaired) electrons. The van der Waals surface area contributed by atoms with E-state index in [9.17, 15) is 0 Å². The lowest BCUT2D eigenvalue weighted by atomic mass is 9.94. The van der Waals surface area contributed by atoms with Gasteiger partial charge < -0.3 is 4.74 Å². The SMILES string of the molecule is C=C/C=C(C)\C=C/C.CC1c2ccccc2CCN1C.COC=O. The number of carbonyl (C=O) groups is 1. The molecular weight excluding hydrogens is 298 g/mol. The number of carbonyl (C=O) groups excluding carboxylic acids is 1. The molecule has 0 spiro atoms. The Morgan fingerprint density at radius 3 is 2.54 bits per heavy atom. The van der Waals surface area contributed by atoms with E-state index in [-0.39, 0.29) is 0 Å². The lowest BCUT2D eigenvalue weighted by Crippen LogP contribution is -2.30. The molecule has 24 heavy (non-hydrogen) atoms. The zero-order valence-corrected chi connectivity index (χ0v) is 15.7. The fourth-order valence-corrected chi connectivity index (χ4v) is 2.40. The summed E-state index contributed by atoms with van der Waals surface area (Å²) < 4.78 is 3.86. The lowest BCUT2D eigenvalue weighted by molar-refractivity contribution is -0.126. The summed E-state index contributed by atoms with van der Waals surface area (Å²) >= 11 is 0. The van der Waals surface area contributed by atoms with E-state index in [0.29, 0.717) is 12.5 Å². The molecular formula is C21H31NO2. The number of ether oxygens (including phenoxy) is 1. The fourth-order valence-electron chi connectivity index (χ4n) is 2.40. The molecule has 0 aromatic heterocycles. The Bertz CT molecular complexity index is 547. The van der Waals surface area contributed by atoms with Gasteiger partial charge in [0, 0.05) is 12.6 Å². The van der Waals surface area contributed by atoms with Gasteiger partial charge in [-0.05, 0) is 45.4 Å². The van der Waals surface area contributed by atoms with E-state index >= 15 is 0 Å². The fraction of sp³-hybridized carbons (Fsp3) is 0.381. The third kappa shape index (κ3) is 8.49. The van der Waals surface area contributed by atoms with E-state index in [2.05, 4.69) is 54.5 Å². The number of benzene rings is 1. The summed E-state index contributed by atoms with van der Waals surface area (Å²) in [4.78, 5) is 11.4. The van der Waals surface area contributed by atoms with Gasteiger partial charge in [0.05, 0.1) is 7.11 Å². The predicted octanol–water partition coefficient (Wildman–Crippen LogP) is 4.72. The quantitative estimate of drug-likeness (QED) is 0.593. The van der Waals surface area contributed by atoms with Crippen molar-refractivity contribution in [3.63, 3.8) is 0 Å². The first-order valence-electron chi connectivity index (χ1n) is 8.18. The van der Waals surface area contributed by atoms with Crippen LogP contribution in [0.1, 0.15) is 37.9 Å². The summed E-state index contributed by atoms with van der Waals surface area (Å²) in [6.07, 6.45) is 9.02. The van der Waals surface area contributed by atoms with Crippen molar-refractivity contribution in [2.75, 3.05) is 20.7 Å². The van der Waals surface area contributed by atoms with Gasteiger partial charge >= 0.3 is 0 Å². The van der Waals surface area contributed by atoms with Crippen molar-refractivity contribution < 1.29 is 9.53 Å². The molecule has 1 heterocycles. The minimum absolute atomic E-state index is 0.375. The van der Waals surface area contributed by atoms with Crippen molar-refractivity contribution in [2.45, 2.75) is 33.2 Å². The van der Waals surface area contributed by atoms with E-state index in [1.807, 2.05) is 32.1 Å². The van der Waals surface area contributed by atoms with E-state index in [1.165, 1.54) is 36.8 Å². The largest absolute Gasteiger partial charge is 0.471 e. The molecule has 0 amide bonds. The van der Waals surface area contributed by atoms with Gasteiger partial charge in [0.15, 0.2) is 0 Å². The van der Waals surface area contributed by atoms with E-state index < -0.39 is 0 Å². The van der Waals surface area contributed by atoms with Crippen LogP contribution in [0.3, 0.4) is 0 Å². The third-order valence-corrected chi connectivity index (χ3v) is 3.81. The maximum atomic E-state index is 8.95. The Morgan fingerprint density at radius 1 is 1.38 bits per heavy atom. The standard InChI is InChI=1S/C11H15N.C8H12.C2H4O2/c1-9-11-6-4-3-5-10(11)7-8-12(9)2;1-4-6-8(3)7-5-2;1-4-2-3/h3-6,9H,7-8H2,1-2H3;4-7H,1H2,2-3H3;2H,1H3/b;7-5-,8-6-;. The van der Waals surface area contributed by atoms with Gasteiger partial charge in [-0.3, -0.25) is 9.69 Å². The molecule has 1 aromatic carbocycles. The van der Waals surface area contributed by atoms with Crippen molar-refractivity contribution in [1.29, 1.82) is 0 Å². The monoisotopic (exact) mass is 329 g/mol. The van der Waals surface area contributed by atoms with Crippen molar-refractivity contribution in [3.8, 4) is 0 Å². The highest BCUT2D eigenvalue weighted by molar-refractivity contribution is 5.36. The molecule has 0 saturated carbocycles. The summed E-state index contributed by atoms with van der Waals surface area (Å²) in [5, 5.41) is 0. The number of allylic oxidation sites excluding steroid dienone is 5. The molecule has 0 aliphatic carbocycles. The summed E-state index contributed by atoms with van der Waals surface area (Å²) in [6.45, 7) is 11.5. The van der Waals surface area contributed by atoms with Gasteiger partial charge in [0.2, 0.25) is 0 Å². The van der Waals surface area contributed by atoms with Crippen molar-refractivity contribution in [2.24, 2.45) is 0 Å². The second-order valence-corrected chi connectivity index (χ2v) is 5.58.